The first-order chi connectivity index (χ1) is 14.9. The van der Waals surface area contributed by atoms with Crippen LogP contribution in [0.3, 0.4) is 0 Å². The van der Waals surface area contributed by atoms with Crippen LogP contribution in [0.2, 0.25) is 10.0 Å². The lowest BCUT2D eigenvalue weighted by Crippen LogP contribution is -2.26. The van der Waals surface area contributed by atoms with Crippen molar-refractivity contribution in [1.29, 1.82) is 0 Å². The molecule has 0 fully saturated rings. The molecule has 10 heteroatoms. The second kappa shape index (κ2) is 8.60. The van der Waals surface area contributed by atoms with Crippen LogP contribution in [0.1, 0.15) is 28.5 Å². The second-order valence-electron chi connectivity index (χ2n) is 6.86. The average molecular weight is 488 g/mol. The number of halogens is 6. The molecular formula is C22H15Cl2F4NO3. The van der Waals surface area contributed by atoms with Crippen molar-refractivity contribution in [3.05, 3.63) is 79.3 Å². The number of carboxylic acids is 1. The summed E-state index contributed by atoms with van der Waals surface area (Å²) in [4.78, 5) is 25.4. The third kappa shape index (κ3) is 4.00. The van der Waals surface area contributed by atoms with Crippen LogP contribution in [0.5, 0.6) is 0 Å². The number of carbonyl (C=O) groups is 1. The summed E-state index contributed by atoms with van der Waals surface area (Å²) in [6.45, 7) is 3.19. The molecule has 0 bridgehead atoms. The fourth-order valence-electron chi connectivity index (χ4n) is 3.63. The van der Waals surface area contributed by atoms with E-state index in [1.807, 2.05) is 0 Å². The van der Waals surface area contributed by atoms with E-state index in [-0.39, 0.29) is 33.5 Å². The quantitative estimate of drug-likeness (QED) is 0.417. The minimum atomic E-state index is -4.99. The van der Waals surface area contributed by atoms with Crippen LogP contribution in [0.15, 0.2) is 41.2 Å². The number of hydrogen-bond acceptors (Lipinski definition) is 2. The first kappa shape index (κ1) is 23.8. The molecule has 1 aromatic heterocycles. The Hall–Kier alpha value is -2.84. The molecule has 0 aliphatic rings. The van der Waals surface area contributed by atoms with E-state index in [9.17, 15) is 32.3 Å². The molecule has 32 heavy (non-hydrogen) atoms. The lowest BCUT2D eigenvalue weighted by atomic mass is 9.94. The molecule has 4 nitrogen and oxygen atoms in total. The summed E-state index contributed by atoms with van der Waals surface area (Å²) in [6.07, 6.45) is -4.99. The molecule has 0 amide bonds. The zero-order valence-electron chi connectivity index (χ0n) is 16.6. The zero-order chi connectivity index (χ0) is 24.0. The van der Waals surface area contributed by atoms with Gasteiger partial charge in [0, 0.05) is 23.4 Å². The predicted molar refractivity (Wildman–Crippen MR) is 114 cm³/mol. The third-order valence-electron chi connectivity index (χ3n) is 5.02. The van der Waals surface area contributed by atoms with Gasteiger partial charge in [-0.05, 0) is 32.0 Å². The molecule has 0 spiro atoms. The van der Waals surface area contributed by atoms with Gasteiger partial charge < -0.3 is 9.67 Å². The molecule has 0 unspecified atom stereocenters. The molecule has 0 aliphatic heterocycles. The van der Waals surface area contributed by atoms with Gasteiger partial charge in [-0.25, -0.2) is 9.18 Å². The lowest BCUT2D eigenvalue weighted by molar-refractivity contribution is -0.139. The van der Waals surface area contributed by atoms with E-state index in [1.54, 1.807) is 6.92 Å². The SMILES string of the molecule is CCn1c(C)c(-c2cccc(C(F)(F)F)c2F)c(=O)c(C(=O)O)c1-c1ccc(Cl)c(Cl)c1. The van der Waals surface area contributed by atoms with Gasteiger partial charge in [0.05, 0.1) is 26.9 Å². The largest absolute Gasteiger partial charge is 0.477 e. The first-order valence-corrected chi connectivity index (χ1v) is 9.97. The van der Waals surface area contributed by atoms with Gasteiger partial charge in [0.15, 0.2) is 0 Å². The highest BCUT2D eigenvalue weighted by atomic mass is 35.5. The molecule has 0 atom stereocenters. The van der Waals surface area contributed by atoms with E-state index in [1.165, 1.54) is 29.7 Å². The van der Waals surface area contributed by atoms with E-state index in [2.05, 4.69) is 0 Å². The minimum Gasteiger partial charge on any atom is -0.477 e. The van der Waals surface area contributed by atoms with Crippen molar-refractivity contribution in [3.8, 4) is 22.4 Å². The van der Waals surface area contributed by atoms with E-state index in [4.69, 9.17) is 23.2 Å². The highest BCUT2D eigenvalue weighted by Gasteiger charge is 2.36. The topological polar surface area (TPSA) is 59.3 Å². The van der Waals surface area contributed by atoms with Crippen molar-refractivity contribution in [3.63, 3.8) is 0 Å². The van der Waals surface area contributed by atoms with Gasteiger partial charge in [-0.1, -0.05) is 41.4 Å². The zero-order valence-corrected chi connectivity index (χ0v) is 18.2. The van der Waals surface area contributed by atoms with Crippen LogP contribution in [-0.4, -0.2) is 15.6 Å². The van der Waals surface area contributed by atoms with Gasteiger partial charge >= 0.3 is 12.1 Å². The summed E-state index contributed by atoms with van der Waals surface area (Å²) in [7, 11) is 0. The molecule has 3 aromatic rings. The number of carboxylic acid groups (broad SMARTS) is 1. The maximum absolute atomic E-state index is 14.9. The maximum atomic E-state index is 14.9. The molecule has 168 valence electrons. The van der Waals surface area contributed by atoms with Crippen molar-refractivity contribution in [2.45, 2.75) is 26.6 Å². The molecular weight excluding hydrogens is 473 g/mol. The molecule has 3 rings (SSSR count). The smallest absolute Gasteiger partial charge is 0.419 e. The maximum Gasteiger partial charge on any atom is 0.419 e. The van der Waals surface area contributed by atoms with Gasteiger partial charge in [0.2, 0.25) is 5.43 Å². The van der Waals surface area contributed by atoms with Crippen LogP contribution in [0, 0.1) is 12.7 Å². The van der Waals surface area contributed by atoms with Crippen molar-refractivity contribution in [2.75, 3.05) is 0 Å². The van der Waals surface area contributed by atoms with Crippen molar-refractivity contribution in [2.24, 2.45) is 0 Å². The highest BCUT2D eigenvalue weighted by molar-refractivity contribution is 6.42. The fourth-order valence-corrected chi connectivity index (χ4v) is 3.93. The van der Waals surface area contributed by atoms with Crippen LogP contribution in [0.25, 0.3) is 22.4 Å². The normalized spacial score (nSPS) is 11.6. The van der Waals surface area contributed by atoms with Crippen molar-refractivity contribution < 1.29 is 27.5 Å². The fraction of sp³-hybridized carbons (Fsp3) is 0.182. The van der Waals surface area contributed by atoms with Crippen LogP contribution in [0.4, 0.5) is 17.6 Å². The lowest BCUT2D eigenvalue weighted by Gasteiger charge is -2.22. The Morgan fingerprint density at radius 2 is 1.78 bits per heavy atom. The number of rotatable bonds is 4. The summed E-state index contributed by atoms with van der Waals surface area (Å²) in [6, 6.07) is 6.79. The van der Waals surface area contributed by atoms with Crippen LogP contribution in [-0.2, 0) is 12.7 Å². The Labute approximate surface area is 189 Å². The number of aromatic carboxylic acids is 1. The number of hydrogen-bond donors (Lipinski definition) is 1. The van der Waals surface area contributed by atoms with Gasteiger partial charge in [0.1, 0.15) is 11.4 Å². The number of aromatic nitrogens is 1. The second-order valence-corrected chi connectivity index (χ2v) is 7.67. The number of alkyl halides is 3. The molecule has 1 heterocycles. The molecule has 1 N–H and O–H groups in total. The van der Waals surface area contributed by atoms with E-state index in [0.29, 0.717) is 6.07 Å². The molecule has 2 aromatic carbocycles. The number of nitrogens with zero attached hydrogens (tertiary/aromatic N) is 1. The minimum absolute atomic E-state index is 0.0165. The Morgan fingerprint density at radius 3 is 2.31 bits per heavy atom. The van der Waals surface area contributed by atoms with Gasteiger partial charge in [-0.15, -0.1) is 0 Å². The number of benzene rings is 2. The van der Waals surface area contributed by atoms with Gasteiger partial charge in [-0.2, -0.15) is 13.2 Å². The van der Waals surface area contributed by atoms with Gasteiger partial charge in [0.25, 0.3) is 0 Å². The summed E-state index contributed by atoms with van der Waals surface area (Å²) in [5.41, 5.74) is -4.14. The molecule has 0 radical (unpaired) electrons. The summed E-state index contributed by atoms with van der Waals surface area (Å²) in [5, 5.41) is 10.1. The standard InChI is InChI=1S/C22H15Cl2F4NO3/c1-3-29-10(2)16(12-5-4-6-13(18(12)25)22(26,27)28)20(30)17(21(31)32)19(29)11-7-8-14(23)15(24)9-11/h4-9H,3H2,1-2H3,(H,31,32). The molecule has 0 saturated heterocycles. The van der Waals surface area contributed by atoms with Gasteiger partial charge in [-0.3, -0.25) is 4.79 Å². The molecule has 0 saturated carbocycles. The third-order valence-corrected chi connectivity index (χ3v) is 5.76. The summed E-state index contributed by atoms with van der Waals surface area (Å²) >= 11 is 12.0. The van der Waals surface area contributed by atoms with E-state index < -0.39 is 45.6 Å². The van der Waals surface area contributed by atoms with E-state index >= 15 is 0 Å². The van der Waals surface area contributed by atoms with E-state index in [0.717, 1.165) is 12.1 Å². The Bertz CT molecular complexity index is 1300. The monoisotopic (exact) mass is 487 g/mol. The predicted octanol–water partition coefficient (Wildman–Crippen LogP) is 6.67. The van der Waals surface area contributed by atoms with Crippen molar-refractivity contribution >= 4 is 29.2 Å². The Morgan fingerprint density at radius 1 is 1.12 bits per heavy atom. The average Bonchev–Trinajstić information content (AvgIpc) is 2.69. The van der Waals surface area contributed by atoms with Crippen LogP contribution >= 0.6 is 23.2 Å². The first-order valence-electron chi connectivity index (χ1n) is 9.22. The highest BCUT2D eigenvalue weighted by Crippen LogP contribution is 2.37. The Balaban J connectivity index is 2.48. The summed E-state index contributed by atoms with van der Waals surface area (Å²) < 4.78 is 55.9. The molecule has 0 aliphatic carbocycles. The van der Waals surface area contributed by atoms with Crippen LogP contribution < -0.4 is 5.43 Å². The Kier molecular flexibility index (Phi) is 6.40. The van der Waals surface area contributed by atoms with Crippen molar-refractivity contribution in [1.82, 2.24) is 4.57 Å². The number of pyridine rings is 1. The summed E-state index contributed by atoms with van der Waals surface area (Å²) in [5.74, 6) is -3.27.